The lowest BCUT2D eigenvalue weighted by atomic mass is 10.1. The number of nitrogens with zero attached hydrogens (tertiary/aromatic N) is 1. The van der Waals surface area contributed by atoms with E-state index < -0.39 is 15.9 Å². The molecular weight excluding hydrogens is 442 g/mol. The van der Waals surface area contributed by atoms with Crippen LogP contribution in [0.1, 0.15) is 17.8 Å². The lowest BCUT2D eigenvalue weighted by Gasteiger charge is -2.13. The molecular formula is C24H23N3O5S. The number of rotatable bonds is 5. The molecule has 0 aliphatic rings. The molecule has 8 nitrogen and oxygen atoms in total. The maximum absolute atomic E-state index is 13.1. The zero-order chi connectivity index (χ0) is 22.9. The zero-order valence-corrected chi connectivity index (χ0v) is 17.8. The lowest BCUT2D eigenvalue weighted by Crippen LogP contribution is -2.22. The Kier molecular flexibility index (Phi) is 6.66. The molecule has 1 aromatic heterocycles. The van der Waals surface area contributed by atoms with Gasteiger partial charge in [-0.1, -0.05) is 31.7 Å². The molecule has 0 aliphatic heterocycles. The predicted molar refractivity (Wildman–Crippen MR) is 129 cm³/mol. The van der Waals surface area contributed by atoms with Crippen molar-refractivity contribution in [2.75, 3.05) is 12.4 Å². The highest BCUT2D eigenvalue weighted by molar-refractivity contribution is 7.89. The molecule has 3 aromatic carbocycles. The topological polar surface area (TPSA) is 120 Å². The molecule has 0 spiro atoms. The number of fused-ring (bicyclic) bond motifs is 1. The number of benzene rings is 3. The molecule has 0 atom stereocenters. The van der Waals surface area contributed by atoms with E-state index >= 15 is 0 Å². The second-order valence-electron chi connectivity index (χ2n) is 6.99. The van der Waals surface area contributed by atoms with Gasteiger partial charge in [0.05, 0.1) is 23.3 Å². The summed E-state index contributed by atoms with van der Waals surface area (Å²) in [6.07, 6.45) is 1.48. The van der Waals surface area contributed by atoms with Crippen LogP contribution in [0.15, 0.2) is 88.7 Å². The van der Waals surface area contributed by atoms with Gasteiger partial charge in [0.1, 0.15) is 5.75 Å². The van der Waals surface area contributed by atoms with Crippen molar-refractivity contribution in [3.8, 4) is 11.4 Å². The summed E-state index contributed by atoms with van der Waals surface area (Å²) in [5.74, 6) is 0.115. The van der Waals surface area contributed by atoms with E-state index in [-0.39, 0.29) is 23.4 Å². The zero-order valence-electron chi connectivity index (χ0n) is 17.0. The summed E-state index contributed by atoms with van der Waals surface area (Å²) in [7, 11) is -2.31. The van der Waals surface area contributed by atoms with E-state index in [9.17, 15) is 18.0 Å². The minimum atomic E-state index is -3.84. The van der Waals surface area contributed by atoms with Crippen LogP contribution in [0.25, 0.3) is 16.5 Å². The number of sulfonamides is 1. The summed E-state index contributed by atoms with van der Waals surface area (Å²) in [5.41, 5.74) is 0.929. The number of hydrogen-bond donors (Lipinski definition) is 2. The van der Waals surface area contributed by atoms with Crippen molar-refractivity contribution in [1.82, 2.24) is 4.57 Å². The van der Waals surface area contributed by atoms with Gasteiger partial charge in [-0.05, 0) is 42.5 Å². The SMILES string of the molecule is C.COc1cccc(-n2cc(C(=O)Nc3ccc(S(N)(=O)=O)cc3)c3ccccc3c2=O)c1. The first-order chi connectivity index (χ1) is 15.3. The van der Waals surface area contributed by atoms with Gasteiger partial charge in [-0.2, -0.15) is 0 Å². The average Bonchev–Trinajstić information content (AvgIpc) is 2.79. The van der Waals surface area contributed by atoms with E-state index in [2.05, 4.69) is 5.32 Å². The molecule has 0 fully saturated rings. The highest BCUT2D eigenvalue weighted by atomic mass is 32.2. The monoisotopic (exact) mass is 465 g/mol. The maximum atomic E-state index is 13.1. The number of methoxy groups -OCH3 is 1. The second-order valence-corrected chi connectivity index (χ2v) is 8.55. The van der Waals surface area contributed by atoms with Gasteiger partial charge in [0.15, 0.2) is 0 Å². The van der Waals surface area contributed by atoms with E-state index in [0.29, 0.717) is 27.9 Å². The standard InChI is InChI=1S/C23H19N3O5S.CH4/c1-31-17-6-4-5-16(13-17)26-14-21(19-7-2-3-8-20(19)23(26)28)22(27)25-15-9-11-18(12-10-15)32(24,29)30;/h2-14H,1H3,(H,25,27)(H2,24,29,30);1H4. The molecule has 4 rings (SSSR count). The molecule has 0 saturated carbocycles. The van der Waals surface area contributed by atoms with E-state index in [0.717, 1.165) is 0 Å². The van der Waals surface area contributed by atoms with Crippen LogP contribution in [-0.2, 0) is 10.0 Å². The van der Waals surface area contributed by atoms with Crippen molar-refractivity contribution in [1.29, 1.82) is 0 Å². The molecule has 4 aromatic rings. The molecule has 0 saturated heterocycles. The minimum absolute atomic E-state index is 0. The molecule has 9 heteroatoms. The Morgan fingerprint density at radius 3 is 2.27 bits per heavy atom. The molecule has 3 N–H and O–H groups in total. The maximum Gasteiger partial charge on any atom is 0.262 e. The number of primary sulfonamides is 1. The second kappa shape index (κ2) is 9.27. The molecule has 1 heterocycles. The highest BCUT2D eigenvalue weighted by Crippen LogP contribution is 2.22. The number of pyridine rings is 1. The third-order valence-electron chi connectivity index (χ3n) is 4.94. The number of nitrogens with two attached hydrogens (primary N) is 1. The van der Waals surface area contributed by atoms with Crippen molar-refractivity contribution in [2.24, 2.45) is 5.14 Å². The quantitative estimate of drug-likeness (QED) is 0.467. The minimum Gasteiger partial charge on any atom is -0.497 e. The molecule has 0 aliphatic carbocycles. The van der Waals surface area contributed by atoms with Crippen molar-refractivity contribution in [2.45, 2.75) is 12.3 Å². The summed E-state index contributed by atoms with van der Waals surface area (Å²) in [6, 6.07) is 19.3. The first-order valence-electron chi connectivity index (χ1n) is 9.51. The fourth-order valence-electron chi connectivity index (χ4n) is 3.35. The van der Waals surface area contributed by atoms with Crippen LogP contribution in [-0.4, -0.2) is 26.0 Å². The van der Waals surface area contributed by atoms with Gasteiger partial charge >= 0.3 is 0 Å². The van der Waals surface area contributed by atoms with Crippen molar-refractivity contribution in [3.05, 3.63) is 94.9 Å². The molecule has 1 amide bonds. The molecule has 0 unspecified atom stereocenters. The third-order valence-corrected chi connectivity index (χ3v) is 5.87. The van der Waals surface area contributed by atoms with Crippen molar-refractivity contribution >= 4 is 32.4 Å². The Morgan fingerprint density at radius 2 is 1.64 bits per heavy atom. The first kappa shape index (κ1) is 23.7. The summed E-state index contributed by atoms with van der Waals surface area (Å²) >= 11 is 0. The lowest BCUT2D eigenvalue weighted by molar-refractivity contribution is 0.102. The average molecular weight is 466 g/mol. The summed E-state index contributed by atoms with van der Waals surface area (Å²) < 4.78 is 29.5. The Labute approximate surface area is 191 Å². The van der Waals surface area contributed by atoms with Gasteiger partial charge in [-0.15, -0.1) is 0 Å². The van der Waals surface area contributed by atoms with Crippen LogP contribution < -0.4 is 20.8 Å². The van der Waals surface area contributed by atoms with E-state index in [1.54, 1.807) is 48.5 Å². The summed E-state index contributed by atoms with van der Waals surface area (Å²) in [5, 5.41) is 8.72. The smallest absolute Gasteiger partial charge is 0.262 e. The van der Waals surface area contributed by atoms with Crippen LogP contribution >= 0.6 is 0 Å². The van der Waals surface area contributed by atoms with Gasteiger partial charge in [-0.25, -0.2) is 13.6 Å². The predicted octanol–water partition coefficient (Wildman–Crippen LogP) is 3.54. The van der Waals surface area contributed by atoms with Gasteiger partial charge in [0.2, 0.25) is 10.0 Å². The number of nitrogens with one attached hydrogen (secondary N) is 1. The van der Waals surface area contributed by atoms with Gasteiger partial charge in [0, 0.05) is 28.7 Å². The molecule has 0 radical (unpaired) electrons. The van der Waals surface area contributed by atoms with Gasteiger partial charge in [0.25, 0.3) is 11.5 Å². The van der Waals surface area contributed by atoms with Crippen molar-refractivity contribution < 1.29 is 17.9 Å². The van der Waals surface area contributed by atoms with E-state index in [1.807, 2.05) is 0 Å². The van der Waals surface area contributed by atoms with E-state index in [4.69, 9.17) is 9.88 Å². The Morgan fingerprint density at radius 1 is 0.970 bits per heavy atom. The Hall–Kier alpha value is -3.95. The van der Waals surface area contributed by atoms with Crippen LogP contribution in [0.2, 0.25) is 0 Å². The van der Waals surface area contributed by atoms with Crippen LogP contribution in [0, 0.1) is 0 Å². The Balaban J connectivity index is 0.00000306. The van der Waals surface area contributed by atoms with Crippen molar-refractivity contribution in [3.63, 3.8) is 0 Å². The molecule has 170 valence electrons. The van der Waals surface area contributed by atoms with Crippen LogP contribution in [0.3, 0.4) is 0 Å². The number of carbonyl (C=O) groups is 1. The molecule has 33 heavy (non-hydrogen) atoms. The number of carbonyl (C=O) groups excluding carboxylic acids is 1. The Bertz CT molecular complexity index is 1490. The number of aromatic nitrogens is 1. The number of amides is 1. The summed E-state index contributed by atoms with van der Waals surface area (Å²) in [4.78, 5) is 26.2. The normalized spacial score (nSPS) is 11.0. The number of ether oxygens (including phenoxy) is 1. The summed E-state index contributed by atoms with van der Waals surface area (Å²) in [6.45, 7) is 0. The van der Waals surface area contributed by atoms with Gasteiger partial charge in [-0.3, -0.25) is 14.2 Å². The fourth-order valence-corrected chi connectivity index (χ4v) is 3.87. The first-order valence-corrected chi connectivity index (χ1v) is 11.1. The van der Waals surface area contributed by atoms with E-state index in [1.165, 1.54) is 42.1 Å². The number of hydrogen-bond acceptors (Lipinski definition) is 5. The van der Waals surface area contributed by atoms with Crippen LogP contribution in [0.5, 0.6) is 5.75 Å². The van der Waals surface area contributed by atoms with Crippen LogP contribution in [0.4, 0.5) is 5.69 Å². The fraction of sp³-hybridized carbons (Fsp3) is 0.0833. The molecule has 0 bridgehead atoms. The third kappa shape index (κ3) is 4.79. The largest absolute Gasteiger partial charge is 0.497 e. The van der Waals surface area contributed by atoms with Gasteiger partial charge < -0.3 is 10.1 Å². The number of anilines is 1. The highest BCUT2D eigenvalue weighted by Gasteiger charge is 2.16.